The Morgan fingerprint density at radius 1 is 1.26 bits per heavy atom. The number of rotatable bonds is 5. The van der Waals surface area contributed by atoms with E-state index in [9.17, 15) is 0 Å². The van der Waals surface area contributed by atoms with Crippen LogP contribution in [0.25, 0.3) is 11.3 Å². The normalized spacial score (nSPS) is 10.5. The van der Waals surface area contributed by atoms with Crippen LogP contribution in [0.3, 0.4) is 0 Å². The summed E-state index contributed by atoms with van der Waals surface area (Å²) in [7, 11) is 3.18. The van der Waals surface area contributed by atoms with Crippen LogP contribution in [0.2, 0.25) is 5.02 Å². The minimum atomic E-state index is 0.534. The molecule has 19 heavy (non-hydrogen) atoms. The summed E-state index contributed by atoms with van der Waals surface area (Å²) in [6.45, 7) is 0.591. The molecule has 1 aromatic carbocycles. The van der Waals surface area contributed by atoms with Gasteiger partial charge in [0.25, 0.3) is 0 Å². The molecule has 0 fully saturated rings. The van der Waals surface area contributed by atoms with Crippen molar-refractivity contribution in [3.8, 4) is 22.8 Å². The first-order valence-corrected chi connectivity index (χ1v) is 7.01. The fourth-order valence-corrected chi connectivity index (χ4v) is 2.79. The molecule has 0 spiro atoms. The molecule has 4 nitrogen and oxygen atoms in total. The molecule has 0 amide bonds. The molecular formula is C13H15ClN2O2S. The van der Waals surface area contributed by atoms with Crippen molar-refractivity contribution < 1.29 is 9.47 Å². The van der Waals surface area contributed by atoms with Crippen LogP contribution in [0.5, 0.6) is 11.5 Å². The monoisotopic (exact) mass is 298 g/mol. The number of hydrogen-bond donors (Lipinski definition) is 1. The predicted octanol–water partition coefficient (Wildman–Crippen LogP) is 2.98. The van der Waals surface area contributed by atoms with Gasteiger partial charge in [-0.25, -0.2) is 4.98 Å². The zero-order valence-corrected chi connectivity index (χ0v) is 12.3. The summed E-state index contributed by atoms with van der Waals surface area (Å²) in [5, 5.41) is 3.52. The zero-order valence-electron chi connectivity index (χ0n) is 10.8. The minimum Gasteiger partial charge on any atom is -0.496 e. The molecule has 0 bridgehead atoms. The van der Waals surface area contributed by atoms with Gasteiger partial charge in [-0.2, -0.15) is 0 Å². The third kappa shape index (κ3) is 3.00. The summed E-state index contributed by atoms with van der Waals surface area (Å²) >= 11 is 7.73. The van der Waals surface area contributed by atoms with Crippen molar-refractivity contribution in [1.82, 2.24) is 4.98 Å². The number of thiazole rings is 1. The van der Waals surface area contributed by atoms with Gasteiger partial charge in [0.05, 0.1) is 29.9 Å². The van der Waals surface area contributed by atoms with Gasteiger partial charge in [-0.3, -0.25) is 0 Å². The van der Waals surface area contributed by atoms with E-state index in [2.05, 4.69) is 4.98 Å². The summed E-state index contributed by atoms with van der Waals surface area (Å²) in [5.41, 5.74) is 7.23. The number of benzene rings is 1. The molecule has 0 saturated heterocycles. The molecule has 0 saturated carbocycles. The average molecular weight is 299 g/mol. The summed E-state index contributed by atoms with van der Waals surface area (Å²) in [5.74, 6) is 1.27. The van der Waals surface area contributed by atoms with E-state index in [1.54, 1.807) is 37.7 Å². The number of ether oxygens (including phenoxy) is 2. The van der Waals surface area contributed by atoms with Crippen LogP contribution in [0, 0.1) is 0 Å². The van der Waals surface area contributed by atoms with Gasteiger partial charge in [-0.15, -0.1) is 11.3 Å². The maximum absolute atomic E-state index is 6.15. The average Bonchev–Trinajstić information content (AvgIpc) is 2.87. The summed E-state index contributed by atoms with van der Waals surface area (Å²) in [6.07, 6.45) is 0.775. The van der Waals surface area contributed by atoms with E-state index in [4.69, 9.17) is 26.8 Å². The lowest BCUT2D eigenvalue weighted by molar-refractivity contribution is 0.395. The third-order valence-electron chi connectivity index (χ3n) is 2.66. The van der Waals surface area contributed by atoms with E-state index in [1.807, 2.05) is 5.38 Å². The standard InChI is InChI=1S/C13H15ClN2O2S/c1-17-11-6-12(18-2)9(14)5-8(11)10-7-19-13(16-10)3-4-15/h5-7H,3-4,15H2,1-2H3. The lowest BCUT2D eigenvalue weighted by Gasteiger charge is -2.10. The van der Waals surface area contributed by atoms with Gasteiger partial charge in [0.2, 0.25) is 0 Å². The second kappa shape index (κ2) is 6.23. The van der Waals surface area contributed by atoms with Gasteiger partial charge in [-0.05, 0) is 12.6 Å². The fourth-order valence-electron chi connectivity index (χ4n) is 1.73. The summed E-state index contributed by atoms with van der Waals surface area (Å²) in [4.78, 5) is 4.53. The Kier molecular flexibility index (Phi) is 4.63. The van der Waals surface area contributed by atoms with E-state index in [0.717, 1.165) is 22.7 Å². The van der Waals surface area contributed by atoms with E-state index in [-0.39, 0.29) is 0 Å². The van der Waals surface area contributed by atoms with E-state index < -0.39 is 0 Å². The van der Waals surface area contributed by atoms with Gasteiger partial charge >= 0.3 is 0 Å². The van der Waals surface area contributed by atoms with Crippen LogP contribution in [0.1, 0.15) is 5.01 Å². The maximum atomic E-state index is 6.15. The molecular weight excluding hydrogens is 284 g/mol. The Hall–Kier alpha value is -1.30. The molecule has 0 aliphatic rings. The van der Waals surface area contributed by atoms with Crippen LogP contribution < -0.4 is 15.2 Å². The van der Waals surface area contributed by atoms with Crippen molar-refractivity contribution in [2.75, 3.05) is 20.8 Å². The van der Waals surface area contributed by atoms with Crippen molar-refractivity contribution in [2.24, 2.45) is 5.73 Å². The van der Waals surface area contributed by atoms with Gasteiger partial charge in [0, 0.05) is 23.4 Å². The van der Waals surface area contributed by atoms with Gasteiger partial charge in [0.15, 0.2) is 0 Å². The van der Waals surface area contributed by atoms with Crippen LogP contribution in [-0.2, 0) is 6.42 Å². The Morgan fingerprint density at radius 3 is 2.63 bits per heavy atom. The quantitative estimate of drug-likeness (QED) is 0.922. The summed E-state index contributed by atoms with van der Waals surface area (Å²) in [6, 6.07) is 3.57. The highest BCUT2D eigenvalue weighted by Gasteiger charge is 2.14. The molecule has 0 atom stereocenters. The predicted molar refractivity (Wildman–Crippen MR) is 78.4 cm³/mol. The highest BCUT2D eigenvalue weighted by atomic mass is 35.5. The number of methoxy groups -OCH3 is 2. The second-order valence-corrected chi connectivity index (χ2v) is 5.20. The van der Waals surface area contributed by atoms with Gasteiger partial charge in [-0.1, -0.05) is 11.6 Å². The largest absolute Gasteiger partial charge is 0.496 e. The second-order valence-electron chi connectivity index (χ2n) is 3.85. The number of hydrogen-bond acceptors (Lipinski definition) is 5. The molecule has 0 aliphatic carbocycles. The number of nitrogens with two attached hydrogens (primary N) is 1. The SMILES string of the molecule is COc1cc(OC)c(-c2csc(CCN)n2)cc1Cl. The molecule has 1 heterocycles. The molecule has 0 unspecified atom stereocenters. The molecule has 102 valence electrons. The van der Waals surface area contributed by atoms with E-state index >= 15 is 0 Å². The van der Waals surface area contributed by atoms with Crippen molar-refractivity contribution in [3.63, 3.8) is 0 Å². The molecule has 2 aromatic rings. The molecule has 0 radical (unpaired) electrons. The molecule has 2 rings (SSSR count). The van der Waals surface area contributed by atoms with Crippen LogP contribution in [0.15, 0.2) is 17.5 Å². The third-order valence-corrected chi connectivity index (χ3v) is 3.86. The molecule has 2 N–H and O–H groups in total. The van der Waals surface area contributed by atoms with Crippen LogP contribution >= 0.6 is 22.9 Å². The first-order chi connectivity index (χ1) is 9.19. The van der Waals surface area contributed by atoms with Gasteiger partial charge < -0.3 is 15.2 Å². The molecule has 6 heteroatoms. The highest BCUT2D eigenvalue weighted by molar-refractivity contribution is 7.09. The molecule has 1 aromatic heterocycles. The Bertz CT molecular complexity index is 572. The first kappa shape index (κ1) is 14.1. The van der Waals surface area contributed by atoms with Crippen molar-refractivity contribution in [2.45, 2.75) is 6.42 Å². The smallest absolute Gasteiger partial charge is 0.141 e. The fraction of sp³-hybridized carbons (Fsp3) is 0.308. The Morgan fingerprint density at radius 2 is 2.00 bits per heavy atom. The van der Waals surface area contributed by atoms with Crippen LogP contribution in [0.4, 0.5) is 0 Å². The summed E-state index contributed by atoms with van der Waals surface area (Å²) < 4.78 is 10.5. The minimum absolute atomic E-state index is 0.534. The first-order valence-electron chi connectivity index (χ1n) is 5.76. The van der Waals surface area contributed by atoms with Crippen molar-refractivity contribution in [3.05, 3.63) is 27.5 Å². The molecule has 0 aliphatic heterocycles. The highest BCUT2D eigenvalue weighted by Crippen LogP contribution is 2.38. The lowest BCUT2D eigenvalue weighted by atomic mass is 10.1. The lowest BCUT2D eigenvalue weighted by Crippen LogP contribution is -2.02. The topological polar surface area (TPSA) is 57.4 Å². The van der Waals surface area contributed by atoms with Crippen molar-refractivity contribution in [1.29, 1.82) is 0 Å². The number of halogens is 1. The number of aromatic nitrogens is 1. The number of nitrogens with zero attached hydrogens (tertiary/aromatic N) is 1. The van der Waals surface area contributed by atoms with Crippen LogP contribution in [-0.4, -0.2) is 25.7 Å². The maximum Gasteiger partial charge on any atom is 0.141 e. The van der Waals surface area contributed by atoms with E-state index in [1.165, 1.54) is 0 Å². The van der Waals surface area contributed by atoms with E-state index in [0.29, 0.717) is 23.1 Å². The van der Waals surface area contributed by atoms with Gasteiger partial charge in [0.1, 0.15) is 11.5 Å². The Labute approximate surface area is 121 Å². The Balaban J connectivity index is 2.44. The van der Waals surface area contributed by atoms with Crippen molar-refractivity contribution >= 4 is 22.9 Å². The zero-order chi connectivity index (χ0) is 13.8.